The van der Waals surface area contributed by atoms with Crippen molar-refractivity contribution in [1.29, 1.82) is 0 Å². The Hall–Kier alpha value is -1.22. The van der Waals surface area contributed by atoms with E-state index in [0.29, 0.717) is 11.7 Å². The maximum atomic E-state index is 10.5. The van der Waals surface area contributed by atoms with E-state index in [1.807, 2.05) is 6.07 Å². The van der Waals surface area contributed by atoms with Crippen molar-refractivity contribution in [2.45, 2.75) is 39.0 Å². The van der Waals surface area contributed by atoms with E-state index in [-0.39, 0.29) is 5.41 Å². The number of alkyl halides is 1. The van der Waals surface area contributed by atoms with Crippen LogP contribution in [-0.2, 0) is 5.41 Å². The predicted molar refractivity (Wildman–Crippen MR) is 98.7 cm³/mol. The normalized spacial score (nSPS) is 18.0. The fourth-order valence-corrected chi connectivity index (χ4v) is 3.98. The minimum atomic E-state index is 0.111. The van der Waals surface area contributed by atoms with Crippen molar-refractivity contribution in [2.75, 3.05) is 23.3 Å². The highest BCUT2D eigenvalue weighted by molar-refractivity contribution is 9.09. The highest BCUT2D eigenvalue weighted by atomic mass is 79.9. The lowest BCUT2D eigenvalue weighted by Crippen LogP contribution is -2.21. The van der Waals surface area contributed by atoms with Gasteiger partial charge in [0.1, 0.15) is 5.75 Å². The number of anilines is 1. The van der Waals surface area contributed by atoms with Gasteiger partial charge in [0.2, 0.25) is 0 Å². The molecule has 118 valence electrons. The number of phenolic OH excluding ortho intramolecular Hbond substituents is 1. The van der Waals surface area contributed by atoms with Gasteiger partial charge in [0, 0.05) is 41.5 Å². The van der Waals surface area contributed by atoms with E-state index in [1.165, 1.54) is 22.2 Å². The molecule has 0 saturated carbocycles. The molecule has 22 heavy (non-hydrogen) atoms. The van der Waals surface area contributed by atoms with Crippen molar-refractivity contribution in [1.82, 2.24) is 0 Å². The second-order valence-electron chi connectivity index (χ2n) is 7.23. The molecule has 0 radical (unpaired) electrons. The molecule has 1 aliphatic heterocycles. The summed E-state index contributed by atoms with van der Waals surface area (Å²) >= 11 is 3.68. The van der Waals surface area contributed by atoms with Crippen LogP contribution in [-0.4, -0.2) is 23.5 Å². The standard InChI is InChI=1S/C19H24BrNO/c1-5-21-11-12(10-20)18-15-8-13(19(2,3)4)6-7-14(15)17(22)9-16(18)21/h6-9,12,22H,5,10-11H2,1-4H3/t12-/m1/s1. The topological polar surface area (TPSA) is 23.5 Å². The van der Waals surface area contributed by atoms with Crippen LogP contribution in [0.3, 0.4) is 0 Å². The van der Waals surface area contributed by atoms with E-state index in [0.717, 1.165) is 23.8 Å². The second kappa shape index (κ2) is 5.45. The van der Waals surface area contributed by atoms with Gasteiger partial charge in [0.05, 0.1) is 0 Å². The minimum absolute atomic E-state index is 0.111. The summed E-state index contributed by atoms with van der Waals surface area (Å²) < 4.78 is 0. The van der Waals surface area contributed by atoms with Gasteiger partial charge in [-0.3, -0.25) is 0 Å². The van der Waals surface area contributed by atoms with Crippen LogP contribution < -0.4 is 4.90 Å². The Balaban J connectivity index is 2.32. The third kappa shape index (κ3) is 2.40. The van der Waals surface area contributed by atoms with Gasteiger partial charge < -0.3 is 10.0 Å². The number of benzene rings is 2. The average molecular weight is 362 g/mol. The Labute approximate surface area is 141 Å². The Morgan fingerprint density at radius 3 is 2.55 bits per heavy atom. The van der Waals surface area contributed by atoms with Crippen molar-refractivity contribution in [3.05, 3.63) is 35.4 Å². The molecular weight excluding hydrogens is 338 g/mol. The SMILES string of the molecule is CCN1C[C@@H](CBr)c2c1cc(O)c1ccc(C(C)(C)C)cc21. The minimum Gasteiger partial charge on any atom is -0.507 e. The zero-order valence-electron chi connectivity index (χ0n) is 13.8. The molecule has 0 spiro atoms. The molecule has 2 nitrogen and oxygen atoms in total. The lowest BCUT2D eigenvalue weighted by molar-refractivity contribution is 0.481. The molecule has 3 heteroatoms. The number of hydrogen-bond acceptors (Lipinski definition) is 2. The fourth-order valence-electron chi connectivity index (χ4n) is 3.45. The summed E-state index contributed by atoms with van der Waals surface area (Å²) in [7, 11) is 0. The van der Waals surface area contributed by atoms with Crippen LogP contribution in [0.4, 0.5) is 5.69 Å². The molecule has 0 aliphatic carbocycles. The maximum absolute atomic E-state index is 10.5. The summed E-state index contributed by atoms with van der Waals surface area (Å²) in [5.41, 5.74) is 4.01. The van der Waals surface area contributed by atoms with Gasteiger partial charge in [-0.15, -0.1) is 0 Å². The number of nitrogens with zero attached hydrogens (tertiary/aromatic N) is 1. The molecule has 1 atom stereocenters. The lowest BCUT2D eigenvalue weighted by Gasteiger charge is -2.21. The lowest BCUT2D eigenvalue weighted by atomic mass is 9.84. The number of phenols is 1. The van der Waals surface area contributed by atoms with Gasteiger partial charge in [0.15, 0.2) is 0 Å². The zero-order chi connectivity index (χ0) is 16.1. The summed E-state index contributed by atoms with van der Waals surface area (Å²) in [6.45, 7) is 10.9. The number of likely N-dealkylation sites (N-methyl/N-ethyl adjacent to an activating group) is 1. The van der Waals surface area contributed by atoms with Crippen LogP contribution in [0.1, 0.15) is 44.7 Å². The first kappa shape index (κ1) is 15.7. The highest BCUT2D eigenvalue weighted by Crippen LogP contribution is 2.46. The van der Waals surface area contributed by atoms with Crippen molar-refractivity contribution < 1.29 is 5.11 Å². The van der Waals surface area contributed by atoms with Crippen LogP contribution >= 0.6 is 15.9 Å². The van der Waals surface area contributed by atoms with Crippen molar-refractivity contribution in [3.63, 3.8) is 0 Å². The molecule has 1 N–H and O–H groups in total. The van der Waals surface area contributed by atoms with Gasteiger partial charge >= 0.3 is 0 Å². The molecule has 1 aliphatic rings. The Morgan fingerprint density at radius 1 is 1.23 bits per heavy atom. The number of aromatic hydroxyl groups is 1. The largest absolute Gasteiger partial charge is 0.507 e. The molecule has 0 unspecified atom stereocenters. The first-order valence-electron chi connectivity index (χ1n) is 7.97. The Kier molecular flexibility index (Phi) is 3.88. The molecule has 0 bridgehead atoms. The molecule has 1 heterocycles. The van der Waals surface area contributed by atoms with Gasteiger partial charge in [-0.2, -0.15) is 0 Å². The van der Waals surface area contributed by atoms with E-state index < -0.39 is 0 Å². The van der Waals surface area contributed by atoms with Gasteiger partial charge in [0.25, 0.3) is 0 Å². The molecule has 3 rings (SSSR count). The number of rotatable bonds is 2. The van der Waals surface area contributed by atoms with E-state index in [9.17, 15) is 5.11 Å². The molecule has 0 amide bonds. The number of hydrogen-bond donors (Lipinski definition) is 1. The molecular formula is C19H24BrNO. The Morgan fingerprint density at radius 2 is 1.95 bits per heavy atom. The van der Waals surface area contributed by atoms with E-state index in [1.54, 1.807) is 0 Å². The van der Waals surface area contributed by atoms with Gasteiger partial charge in [-0.1, -0.05) is 54.9 Å². The van der Waals surface area contributed by atoms with Gasteiger partial charge in [-0.05, 0) is 28.9 Å². The molecule has 0 aromatic heterocycles. The van der Waals surface area contributed by atoms with Crippen molar-refractivity contribution in [2.24, 2.45) is 0 Å². The number of halogens is 1. The van der Waals surface area contributed by atoms with Crippen LogP contribution in [0.5, 0.6) is 5.75 Å². The van der Waals surface area contributed by atoms with Crippen LogP contribution in [0.15, 0.2) is 24.3 Å². The number of fused-ring (bicyclic) bond motifs is 3. The first-order chi connectivity index (χ1) is 10.4. The van der Waals surface area contributed by atoms with Gasteiger partial charge in [-0.25, -0.2) is 0 Å². The van der Waals surface area contributed by atoms with Crippen LogP contribution in [0, 0.1) is 0 Å². The van der Waals surface area contributed by atoms with Crippen molar-refractivity contribution in [3.8, 4) is 5.75 Å². The fraction of sp³-hybridized carbons (Fsp3) is 0.474. The quantitative estimate of drug-likeness (QED) is 0.746. The third-order valence-corrected chi connectivity index (χ3v) is 5.54. The van der Waals surface area contributed by atoms with E-state index in [4.69, 9.17) is 0 Å². The predicted octanol–water partition coefficient (Wildman–Crippen LogP) is 5.16. The summed E-state index contributed by atoms with van der Waals surface area (Å²) in [6, 6.07) is 8.44. The molecule has 2 aromatic carbocycles. The summed E-state index contributed by atoms with van der Waals surface area (Å²) in [4.78, 5) is 2.37. The monoisotopic (exact) mass is 361 g/mol. The van der Waals surface area contributed by atoms with Crippen LogP contribution in [0.25, 0.3) is 10.8 Å². The van der Waals surface area contributed by atoms with E-state index in [2.05, 4.69) is 66.7 Å². The highest BCUT2D eigenvalue weighted by Gasteiger charge is 2.30. The third-order valence-electron chi connectivity index (χ3n) is 4.76. The van der Waals surface area contributed by atoms with Crippen molar-refractivity contribution >= 4 is 32.4 Å². The molecule has 0 saturated heterocycles. The smallest absolute Gasteiger partial charge is 0.125 e. The maximum Gasteiger partial charge on any atom is 0.125 e. The molecule has 0 fully saturated rings. The average Bonchev–Trinajstić information content (AvgIpc) is 2.84. The Bertz CT molecular complexity index is 717. The summed E-state index contributed by atoms with van der Waals surface area (Å²) in [6.07, 6.45) is 0. The first-order valence-corrected chi connectivity index (χ1v) is 9.10. The molecule has 2 aromatic rings. The zero-order valence-corrected chi connectivity index (χ0v) is 15.4. The summed E-state index contributed by atoms with van der Waals surface area (Å²) in [5, 5.41) is 13.6. The van der Waals surface area contributed by atoms with E-state index >= 15 is 0 Å². The second-order valence-corrected chi connectivity index (χ2v) is 7.88. The van der Waals surface area contributed by atoms with Crippen LogP contribution in [0.2, 0.25) is 0 Å². The summed E-state index contributed by atoms with van der Waals surface area (Å²) in [5.74, 6) is 0.871.